The second kappa shape index (κ2) is 7.38. The van der Waals surface area contributed by atoms with Gasteiger partial charge in [-0.2, -0.15) is 0 Å². The fourth-order valence-corrected chi connectivity index (χ4v) is 3.69. The van der Waals surface area contributed by atoms with Gasteiger partial charge in [0.25, 0.3) is 0 Å². The topological polar surface area (TPSA) is 46.6 Å². The highest BCUT2D eigenvalue weighted by Crippen LogP contribution is 2.42. The van der Waals surface area contributed by atoms with Gasteiger partial charge in [0.05, 0.1) is 18.8 Å². The van der Waals surface area contributed by atoms with Crippen LogP contribution in [0, 0.1) is 5.41 Å². The van der Waals surface area contributed by atoms with Gasteiger partial charge < -0.3 is 19.7 Å². The van der Waals surface area contributed by atoms with Crippen molar-refractivity contribution in [3.05, 3.63) is 23.9 Å². The van der Waals surface area contributed by atoms with Crippen molar-refractivity contribution in [3.63, 3.8) is 0 Å². The summed E-state index contributed by atoms with van der Waals surface area (Å²) in [6.45, 7) is 13.0. The Labute approximate surface area is 145 Å². The van der Waals surface area contributed by atoms with Crippen LogP contribution >= 0.6 is 0 Å². The van der Waals surface area contributed by atoms with Gasteiger partial charge >= 0.3 is 0 Å². The van der Waals surface area contributed by atoms with E-state index in [4.69, 9.17) is 9.47 Å². The molecular weight excluding hydrogens is 302 g/mol. The first-order chi connectivity index (χ1) is 11.5. The summed E-state index contributed by atoms with van der Waals surface area (Å²) in [5.74, 6) is 1.05. The molecule has 3 unspecified atom stereocenters. The number of rotatable bonds is 6. The highest BCUT2D eigenvalue weighted by atomic mass is 16.5. The van der Waals surface area contributed by atoms with Crippen LogP contribution in [0.2, 0.25) is 0 Å². The molecule has 1 N–H and O–H groups in total. The summed E-state index contributed by atoms with van der Waals surface area (Å²) in [4.78, 5) is 6.94. The third-order valence-electron chi connectivity index (χ3n) is 5.47. The zero-order chi connectivity index (χ0) is 17.2. The molecule has 1 saturated heterocycles. The third kappa shape index (κ3) is 3.73. The number of ether oxygens (including phenoxy) is 2. The number of hydrogen-bond acceptors (Lipinski definition) is 5. The van der Waals surface area contributed by atoms with Crippen LogP contribution in [-0.4, -0.2) is 49.5 Å². The lowest BCUT2D eigenvalue weighted by Gasteiger charge is -2.52. The van der Waals surface area contributed by atoms with Gasteiger partial charge in [0.2, 0.25) is 0 Å². The summed E-state index contributed by atoms with van der Waals surface area (Å²) in [5, 5.41) is 3.67. The van der Waals surface area contributed by atoms with E-state index in [0.29, 0.717) is 12.1 Å². The van der Waals surface area contributed by atoms with Crippen LogP contribution in [0.1, 0.15) is 39.7 Å². The smallest absolute Gasteiger partial charge is 0.128 e. The number of aromatic nitrogens is 1. The van der Waals surface area contributed by atoms with Crippen molar-refractivity contribution < 1.29 is 9.47 Å². The van der Waals surface area contributed by atoms with E-state index in [1.165, 1.54) is 5.56 Å². The summed E-state index contributed by atoms with van der Waals surface area (Å²) in [7, 11) is 0. The van der Waals surface area contributed by atoms with Crippen LogP contribution < -0.4 is 10.2 Å². The van der Waals surface area contributed by atoms with Crippen LogP contribution in [0.25, 0.3) is 0 Å². The standard InChI is InChI=1S/C19H31N3O2/c1-5-23-17-10-16(19(17,3)4)20-11-15-6-7-18(21-12-15)22-8-9-24-14(2)13-22/h6-7,12,14,16-17,20H,5,8-11,13H2,1-4H3. The molecule has 3 rings (SSSR count). The minimum absolute atomic E-state index is 0.202. The van der Waals surface area contributed by atoms with Gasteiger partial charge in [-0.1, -0.05) is 19.9 Å². The lowest BCUT2D eigenvalue weighted by atomic mass is 9.64. The van der Waals surface area contributed by atoms with E-state index in [9.17, 15) is 0 Å². The highest BCUT2D eigenvalue weighted by molar-refractivity contribution is 5.39. The molecule has 0 amide bonds. The molecule has 1 aromatic heterocycles. The normalized spacial score (nSPS) is 29.3. The van der Waals surface area contributed by atoms with Crippen molar-refractivity contribution in [1.82, 2.24) is 10.3 Å². The fraction of sp³-hybridized carbons (Fsp3) is 0.737. The Morgan fingerprint density at radius 3 is 2.88 bits per heavy atom. The van der Waals surface area contributed by atoms with Crippen LogP contribution in [-0.2, 0) is 16.0 Å². The third-order valence-corrected chi connectivity index (χ3v) is 5.47. The summed E-state index contributed by atoms with van der Waals surface area (Å²) in [6, 6.07) is 4.82. The molecular formula is C19H31N3O2. The number of anilines is 1. The van der Waals surface area contributed by atoms with E-state index in [0.717, 1.165) is 45.1 Å². The number of nitrogens with one attached hydrogen (secondary N) is 1. The van der Waals surface area contributed by atoms with Crippen LogP contribution in [0.15, 0.2) is 18.3 Å². The Bertz CT molecular complexity index is 532. The van der Waals surface area contributed by atoms with Crippen molar-refractivity contribution in [2.75, 3.05) is 31.2 Å². The number of morpholine rings is 1. The maximum Gasteiger partial charge on any atom is 0.128 e. The van der Waals surface area contributed by atoms with E-state index in [1.54, 1.807) is 0 Å². The van der Waals surface area contributed by atoms with Crippen LogP contribution in [0.5, 0.6) is 0 Å². The minimum Gasteiger partial charge on any atom is -0.378 e. The van der Waals surface area contributed by atoms with Crippen LogP contribution in [0.3, 0.4) is 0 Å². The Balaban J connectivity index is 1.50. The second-order valence-electron chi connectivity index (χ2n) is 7.59. The predicted octanol–water partition coefficient (Wildman–Crippen LogP) is 2.60. The van der Waals surface area contributed by atoms with Gasteiger partial charge in [-0.25, -0.2) is 4.98 Å². The molecule has 0 spiro atoms. The molecule has 2 aliphatic rings. The average Bonchev–Trinajstić information content (AvgIpc) is 2.58. The van der Waals surface area contributed by atoms with E-state index in [1.807, 2.05) is 6.20 Å². The first kappa shape index (κ1) is 17.6. The van der Waals surface area contributed by atoms with Crippen molar-refractivity contribution in [2.24, 2.45) is 5.41 Å². The number of nitrogens with zero attached hydrogens (tertiary/aromatic N) is 2. The van der Waals surface area contributed by atoms with Gasteiger partial charge in [-0.05, 0) is 31.9 Å². The van der Waals surface area contributed by atoms with E-state index < -0.39 is 0 Å². The van der Waals surface area contributed by atoms with Gasteiger partial charge in [0.1, 0.15) is 5.82 Å². The molecule has 1 aliphatic carbocycles. The van der Waals surface area contributed by atoms with Crippen molar-refractivity contribution in [3.8, 4) is 0 Å². The Hall–Kier alpha value is -1.17. The summed E-state index contributed by atoms with van der Waals surface area (Å²) in [5.41, 5.74) is 1.43. The van der Waals surface area contributed by atoms with Crippen LogP contribution in [0.4, 0.5) is 5.82 Å². The molecule has 1 saturated carbocycles. The maximum atomic E-state index is 5.80. The maximum absolute atomic E-state index is 5.80. The zero-order valence-corrected chi connectivity index (χ0v) is 15.4. The van der Waals surface area contributed by atoms with Crippen molar-refractivity contribution >= 4 is 5.82 Å². The lowest BCUT2D eigenvalue weighted by molar-refractivity contribution is -0.114. The molecule has 5 heteroatoms. The Morgan fingerprint density at radius 1 is 1.42 bits per heavy atom. The van der Waals surface area contributed by atoms with Gasteiger partial charge in [-0.15, -0.1) is 0 Å². The molecule has 3 atom stereocenters. The van der Waals surface area contributed by atoms with Gasteiger partial charge in [0.15, 0.2) is 0 Å². The molecule has 24 heavy (non-hydrogen) atoms. The van der Waals surface area contributed by atoms with Gasteiger partial charge in [-0.3, -0.25) is 0 Å². The molecule has 134 valence electrons. The highest BCUT2D eigenvalue weighted by Gasteiger charge is 2.48. The lowest BCUT2D eigenvalue weighted by Crippen LogP contribution is -2.60. The Kier molecular flexibility index (Phi) is 5.42. The average molecular weight is 333 g/mol. The molecule has 0 bridgehead atoms. The molecule has 0 aromatic carbocycles. The summed E-state index contributed by atoms with van der Waals surface area (Å²) in [6.07, 6.45) is 3.75. The second-order valence-corrected chi connectivity index (χ2v) is 7.59. The van der Waals surface area contributed by atoms with Crippen molar-refractivity contribution in [2.45, 2.75) is 58.9 Å². The van der Waals surface area contributed by atoms with E-state index >= 15 is 0 Å². The van der Waals surface area contributed by atoms with E-state index in [-0.39, 0.29) is 11.5 Å². The Morgan fingerprint density at radius 2 is 2.25 bits per heavy atom. The quantitative estimate of drug-likeness (QED) is 0.867. The first-order valence-electron chi connectivity index (χ1n) is 9.17. The fourth-order valence-electron chi connectivity index (χ4n) is 3.69. The number of hydrogen-bond donors (Lipinski definition) is 1. The number of pyridine rings is 1. The monoisotopic (exact) mass is 333 g/mol. The molecule has 0 radical (unpaired) electrons. The van der Waals surface area contributed by atoms with E-state index in [2.05, 4.69) is 55.0 Å². The molecule has 1 aromatic rings. The van der Waals surface area contributed by atoms with Gasteiger partial charge in [0, 0.05) is 43.9 Å². The summed E-state index contributed by atoms with van der Waals surface area (Å²) >= 11 is 0. The van der Waals surface area contributed by atoms with Crippen molar-refractivity contribution in [1.29, 1.82) is 0 Å². The predicted molar refractivity (Wildman–Crippen MR) is 96.3 cm³/mol. The molecule has 2 heterocycles. The zero-order valence-electron chi connectivity index (χ0n) is 15.4. The SMILES string of the molecule is CCOC1CC(NCc2ccc(N3CCOC(C)C3)nc2)C1(C)C. The minimum atomic E-state index is 0.202. The molecule has 1 aliphatic heterocycles. The first-order valence-corrected chi connectivity index (χ1v) is 9.17. The summed E-state index contributed by atoms with van der Waals surface area (Å²) < 4.78 is 11.4. The largest absolute Gasteiger partial charge is 0.378 e. The molecule has 2 fully saturated rings. The molecule has 5 nitrogen and oxygen atoms in total.